The highest BCUT2D eigenvalue weighted by Gasteiger charge is 2.42. The van der Waals surface area contributed by atoms with Crippen LogP contribution in [0.1, 0.15) is 45.1 Å². The maximum Gasteiger partial charge on any atom is 0.407 e. The van der Waals surface area contributed by atoms with Gasteiger partial charge in [0, 0.05) is 37.7 Å². The Hall–Kier alpha value is -1.65. The van der Waals surface area contributed by atoms with Gasteiger partial charge in [0.15, 0.2) is 5.96 Å². The van der Waals surface area contributed by atoms with Crippen molar-refractivity contribution in [1.29, 1.82) is 0 Å². The van der Waals surface area contributed by atoms with E-state index in [2.05, 4.69) is 20.9 Å². The van der Waals surface area contributed by atoms with Crippen LogP contribution in [0, 0.1) is 11.6 Å². The quantitative estimate of drug-likeness (QED) is 0.237. The van der Waals surface area contributed by atoms with Gasteiger partial charge >= 0.3 is 6.09 Å². The standard InChI is InChI=1S/C19H28F2N4O2.HI/c1-19(2,3)27-18(26)24-10-6-9-23-17(22-4)25-15-11-12(15)16-13(20)7-5-8-14(16)21;/h5,7-8,12,15H,6,9-11H2,1-4H3,(H,24,26)(H2,22,23,25);1H. The molecule has 158 valence electrons. The number of amides is 1. The Morgan fingerprint density at radius 2 is 1.82 bits per heavy atom. The largest absolute Gasteiger partial charge is 0.444 e. The number of alkyl carbamates (subject to hydrolysis) is 1. The molecule has 0 radical (unpaired) electrons. The summed E-state index contributed by atoms with van der Waals surface area (Å²) < 4.78 is 32.8. The summed E-state index contributed by atoms with van der Waals surface area (Å²) in [5, 5.41) is 8.97. The average molecular weight is 510 g/mol. The Kier molecular flexibility index (Phi) is 9.38. The van der Waals surface area contributed by atoms with Gasteiger partial charge in [0.25, 0.3) is 0 Å². The average Bonchev–Trinajstić information content (AvgIpc) is 3.30. The molecular formula is C19H29F2IN4O2. The third-order valence-corrected chi connectivity index (χ3v) is 4.02. The zero-order valence-corrected chi connectivity index (χ0v) is 19.0. The Balaban J connectivity index is 0.00000392. The van der Waals surface area contributed by atoms with Crippen molar-refractivity contribution in [2.24, 2.45) is 4.99 Å². The van der Waals surface area contributed by atoms with E-state index in [0.717, 1.165) is 0 Å². The van der Waals surface area contributed by atoms with Gasteiger partial charge in [-0.2, -0.15) is 0 Å². The highest BCUT2D eigenvalue weighted by molar-refractivity contribution is 14.0. The Morgan fingerprint density at radius 3 is 2.39 bits per heavy atom. The minimum absolute atomic E-state index is 0. The number of guanidine groups is 1. The van der Waals surface area contributed by atoms with Crippen LogP contribution in [-0.4, -0.2) is 43.8 Å². The van der Waals surface area contributed by atoms with E-state index in [0.29, 0.717) is 31.9 Å². The molecule has 6 nitrogen and oxygen atoms in total. The van der Waals surface area contributed by atoms with Gasteiger partial charge in [0.1, 0.15) is 17.2 Å². The highest BCUT2D eigenvalue weighted by Crippen LogP contribution is 2.42. The predicted octanol–water partition coefficient (Wildman–Crippen LogP) is 3.52. The van der Waals surface area contributed by atoms with Gasteiger partial charge in [-0.25, -0.2) is 13.6 Å². The van der Waals surface area contributed by atoms with E-state index in [-0.39, 0.29) is 41.5 Å². The van der Waals surface area contributed by atoms with Crippen LogP contribution in [0.25, 0.3) is 0 Å². The Morgan fingerprint density at radius 1 is 1.21 bits per heavy atom. The molecule has 1 aliphatic rings. The lowest BCUT2D eigenvalue weighted by molar-refractivity contribution is 0.0527. The molecule has 0 bridgehead atoms. The molecule has 2 atom stereocenters. The van der Waals surface area contributed by atoms with E-state index in [1.54, 1.807) is 7.05 Å². The van der Waals surface area contributed by atoms with Crippen molar-refractivity contribution >= 4 is 36.0 Å². The van der Waals surface area contributed by atoms with Gasteiger partial charge in [0.05, 0.1) is 0 Å². The molecule has 3 N–H and O–H groups in total. The summed E-state index contributed by atoms with van der Waals surface area (Å²) >= 11 is 0. The first kappa shape index (κ1) is 24.4. The van der Waals surface area contributed by atoms with E-state index in [9.17, 15) is 13.6 Å². The van der Waals surface area contributed by atoms with Gasteiger partial charge in [-0.05, 0) is 45.7 Å². The molecule has 1 saturated carbocycles. The molecule has 0 aromatic heterocycles. The first-order valence-electron chi connectivity index (χ1n) is 9.09. The van der Waals surface area contributed by atoms with Crippen molar-refractivity contribution in [3.8, 4) is 0 Å². The lowest BCUT2D eigenvalue weighted by atomic mass is 10.1. The van der Waals surface area contributed by atoms with Crippen LogP contribution < -0.4 is 16.0 Å². The number of carbonyl (C=O) groups excluding carboxylic acids is 1. The van der Waals surface area contributed by atoms with E-state index >= 15 is 0 Å². The van der Waals surface area contributed by atoms with Crippen molar-refractivity contribution in [2.45, 2.75) is 51.2 Å². The number of hydrogen-bond acceptors (Lipinski definition) is 3. The van der Waals surface area contributed by atoms with E-state index in [4.69, 9.17) is 4.74 Å². The summed E-state index contributed by atoms with van der Waals surface area (Å²) in [5.41, 5.74) is -0.390. The third-order valence-electron chi connectivity index (χ3n) is 4.02. The van der Waals surface area contributed by atoms with Gasteiger partial charge in [-0.1, -0.05) is 6.07 Å². The number of rotatable bonds is 6. The number of nitrogens with one attached hydrogen (secondary N) is 3. The predicted molar refractivity (Wildman–Crippen MR) is 116 cm³/mol. The zero-order chi connectivity index (χ0) is 20.0. The molecule has 1 fully saturated rings. The minimum atomic E-state index is -0.521. The first-order valence-corrected chi connectivity index (χ1v) is 9.09. The van der Waals surface area contributed by atoms with E-state index in [1.165, 1.54) is 18.2 Å². The maximum atomic E-state index is 13.8. The second-order valence-electron chi connectivity index (χ2n) is 7.51. The second-order valence-corrected chi connectivity index (χ2v) is 7.51. The lowest BCUT2D eigenvalue weighted by Gasteiger charge is -2.19. The summed E-state index contributed by atoms with van der Waals surface area (Å²) in [4.78, 5) is 15.7. The van der Waals surface area contributed by atoms with Crippen molar-refractivity contribution in [1.82, 2.24) is 16.0 Å². The SMILES string of the molecule is CN=C(NCCCNC(=O)OC(C)(C)C)NC1CC1c1c(F)cccc1F.I. The normalized spacial score (nSPS) is 18.7. The van der Waals surface area contributed by atoms with Crippen LogP contribution in [0.15, 0.2) is 23.2 Å². The smallest absolute Gasteiger partial charge is 0.407 e. The molecule has 1 aliphatic carbocycles. The van der Waals surface area contributed by atoms with Crippen LogP contribution in [0.2, 0.25) is 0 Å². The Labute approximate surface area is 181 Å². The molecule has 1 aromatic rings. The van der Waals surface area contributed by atoms with Crippen LogP contribution >= 0.6 is 24.0 Å². The fraction of sp³-hybridized carbons (Fsp3) is 0.579. The molecule has 2 unspecified atom stereocenters. The molecule has 28 heavy (non-hydrogen) atoms. The number of hydrogen-bond donors (Lipinski definition) is 3. The molecule has 2 rings (SSSR count). The van der Waals surface area contributed by atoms with E-state index in [1.807, 2.05) is 20.8 Å². The maximum absolute atomic E-state index is 13.8. The third kappa shape index (κ3) is 7.76. The number of ether oxygens (including phenoxy) is 1. The summed E-state index contributed by atoms with van der Waals surface area (Å²) in [7, 11) is 1.63. The van der Waals surface area contributed by atoms with Gasteiger partial charge in [-0.3, -0.25) is 4.99 Å². The number of benzene rings is 1. The van der Waals surface area contributed by atoms with Crippen molar-refractivity contribution < 1.29 is 18.3 Å². The van der Waals surface area contributed by atoms with Crippen LogP contribution in [0.4, 0.5) is 13.6 Å². The summed E-state index contributed by atoms with van der Waals surface area (Å²) in [6.07, 6.45) is 0.882. The fourth-order valence-electron chi connectivity index (χ4n) is 2.71. The second kappa shape index (κ2) is 10.8. The van der Waals surface area contributed by atoms with E-state index < -0.39 is 23.3 Å². The van der Waals surface area contributed by atoms with Crippen LogP contribution in [-0.2, 0) is 4.74 Å². The number of nitrogens with zero attached hydrogens (tertiary/aromatic N) is 1. The summed E-state index contributed by atoms with van der Waals surface area (Å²) in [6.45, 7) is 6.47. The van der Waals surface area contributed by atoms with Crippen molar-refractivity contribution in [3.05, 3.63) is 35.4 Å². The first-order chi connectivity index (χ1) is 12.7. The monoisotopic (exact) mass is 510 g/mol. The Bertz CT molecular complexity index is 675. The number of carbonyl (C=O) groups is 1. The van der Waals surface area contributed by atoms with Gasteiger partial charge in [0.2, 0.25) is 0 Å². The number of halogens is 3. The highest BCUT2D eigenvalue weighted by atomic mass is 127. The fourth-order valence-corrected chi connectivity index (χ4v) is 2.71. The molecule has 0 heterocycles. The topological polar surface area (TPSA) is 74.8 Å². The molecule has 0 spiro atoms. The van der Waals surface area contributed by atoms with Gasteiger partial charge in [-0.15, -0.1) is 24.0 Å². The molecule has 0 saturated heterocycles. The van der Waals surface area contributed by atoms with Gasteiger partial charge < -0.3 is 20.7 Å². The van der Waals surface area contributed by atoms with Crippen molar-refractivity contribution in [2.75, 3.05) is 20.1 Å². The lowest BCUT2D eigenvalue weighted by Crippen LogP contribution is -2.40. The molecular weight excluding hydrogens is 481 g/mol. The zero-order valence-electron chi connectivity index (χ0n) is 16.6. The number of aliphatic imine (C=N–C) groups is 1. The van der Waals surface area contributed by atoms with Crippen LogP contribution in [0.3, 0.4) is 0 Å². The minimum Gasteiger partial charge on any atom is -0.444 e. The van der Waals surface area contributed by atoms with Crippen molar-refractivity contribution in [3.63, 3.8) is 0 Å². The molecule has 0 aliphatic heterocycles. The summed E-state index contributed by atoms with van der Waals surface area (Å²) in [5.74, 6) is -0.656. The molecule has 1 aromatic carbocycles. The molecule has 1 amide bonds. The van der Waals surface area contributed by atoms with Crippen LogP contribution in [0.5, 0.6) is 0 Å². The summed E-state index contributed by atoms with van der Waals surface area (Å²) in [6, 6.07) is 3.87. The molecule has 9 heteroatoms.